The van der Waals surface area contributed by atoms with Crippen LogP contribution in [0.1, 0.15) is 6.42 Å². The van der Waals surface area contributed by atoms with E-state index in [2.05, 4.69) is 27.9 Å². The summed E-state index contributed by atoms with van der Waals surface area (Å²) in [5.74, 6) is -0.308. The fourth-order valence-corrected chi connectivity index (χ4v) is 0.834. The molecule has 0 aliphatic carbocycles. The van der Waals surface area contributed by atoms with Crippen LogP contribution in [0.3, 0.4) is 0 Å². The molecule has 0 unspecified atom stereocenters. The third-order valence-electron chi connectivity index (χ3n) is 1.05. The lowest BCUT2D eigenvalue weighted by Gasteiger charge is -1.94. The predicted molar refractivity (Wildman–Crippen MR) is 51.3 cm³/mol. The number of halogens is 1. The van der Waals surface area contributed by atoms with E-state index in [9.17, 15) is 4.79 Å². The zero-order valence-electron chi connectivity index (χ0n) is 6.22. The molecule has 60 valence electrons. The van der Waals surface area contributed by atoms with Crippen LogP contribution in [0.15, 0.2) is 11.6 Å². The summed E-state index contributed by atoms with van der Waals surface area (Å²) >= 11 is 2.19. The fraction of sp³-hybridized carbons (Fsp3) is 0.429. The molecule has 4 heteroatoms. The van der Waals surface area contributed by atoms with Crippen LogP contribution in [0, 0.1) is 11.3 Å². The average molecular weight is 264 g/mol. The molecule has 0 aliphatic rings. The van der Waals surface area contributed by atoms with E-state index in [0.717, 1.165) is 10.8 Å². The lowest BCUT2D eigenvalue weighted by Crippen LogP contribution is -2.19. The van der Waals surface area contributed by atoms with Crippen LogP contribution in [0.2, 0.25) is 0 Å². The number of likely N-dealkylation sites (N-methyl/N-ethyl adjacent to an activating group) is 1. The molecule has 0 saturated heterocycles. The van der Waals surface area contributed by atoms with Crippen molar-refractivity contribution in [1.82, 2.24) is 5.32 Å². The van der Waals surface area contributed by atoms with E-state index in [-0.39, 0.29) is 11.5 Å². The molecule has 0 fully saturated rings. The first-order valence-electron chi connectivity index (χ1n) is 3.14. The third-order valence-corrected chi connectivity index (χ3v) is 1.67. The Hall–Kier alpha value is -0.570. The maximum absolute atomic E-state index is 10.8. The molecule has 0 heterocycles. The molecule has 0 rings (SSSR count). The molecule has 11 heavy (non-hydrogen) atoms. The van der Waals surface area contributed by atoms with E-state index in [1.54, 1.807) is 6.08 Å². The molecule has 0 aromatic carbocycles. The zero-order chi connectivity index (χ0) is 8.69. The molecule has 0 aromatic rings. The number of nitrogens with one attached hydrogen (secondary N) is 1. The van der Waals surface area contributed by atoms with Gasteiger partial charge in [-0.15, -0.1) is 0 Å². The zero-order valence-corrected chi connectivity index (χ0v) is 8.38. The minimum atomic E-state index is -0.308. The van der Waals surface area contributed by atoms with E-state index in [1.165, 1.54) is 7.05 Å². The van der Waals surface area contributed by atoms with Crippen molar-refractivity contribution in [3.05, 3.63) is 11.6 Å². The van der Waals surface area contributed by atoms with Gasteiger partial charge in [-0.05, 0) is 6.42 Å². The van der Waals surface area contributed by atoms with E-state index in [0.29, 0.717) is 0 Å². The second-order valence-electron chi connectivity index (χ2n) is 1.79. The van der Waals surface area contributed by atoms with E-state index in [1.807, 2.05) is 6.07 Å². The maximum Gasteiger partial charge on any atom is 0.261 e. The number of rotatable bonds is 3. The summed E-state index contributed by atoms with van der Waals surface area (Å²) in [5.41, 5.74) is 0.198. The molecule has 1 N–H and O–H groups in total. The minimum absolute atomic E-state index is 0.198. The van der Waals surface area contributed by atoms with Gasteiger partial charge in [0.25, 0.3) is 5.91 Å². The number of carbonyl (C=O) groups excluding carboxylic acids is 1. The Morgan fingerprint density at radius 1 is 1.82 bits per heavy atom. The topological polar surface area (TPSA) is 52.9 Å². The van der Waals surface area contributed by atoms with Crippen LogP contribution >= 0.6 is 22.6 Å². The lowest BCUT2D eigenvalue weighted by molar-refractivity contribution is -0.116. The second kappa shape index (κ2) is 6.16. The van der Waals surface area contributed by atoms with Gasteiger partial charge in [-0.25, -0.2) is 0 Å². The molecule has 0 aliphatic heterocycles. The van der Waals surface area contributed by atoms with Crippen LogP contribution in [0.5, 0.6) is 0 Å². The number of nitrogens with zero attached hydrogens (tertiary/aromatic N) is 1. The Kier molecular flexibility index (Phi) is 5.84. The predicted octanol–water partition coefficient (Wildman–Crippen LogP) is 1.01. The van der Waals surface area contributed by atoms with Gasteiger partial charge in [0.1, 0.15) is 11.6 Å². The molecule has 3 nitrogen and oxygen atoms in total. The summed E-state index contributed by atoms with van der Waals surface area (Å²) < 4.78 is 0.917. The highest BCUT2D eigenvalue weighted by Gasteiger charge is 2.03. The van der Waals surface area contributed by atoms with Crippen molar-refractivity contribution in [3.8, 4) is 6.07 Å². The Labute approximate surface area is 79.6 Å². The number of nitriles is 1. The van der Waals surface area contributed by atoms with Crippen LogP contribution in [-0.2, 0) is 4.79 Å². The Bertz CT molecular complexity index is 205. The van der Waals surface area contributed by atoms with Crippen molar-refractivity contribution in [2.75, 3.05) is 11.5 Å². The van der Waals surface area contributed by atoms with E-state index < -0.39 is 0 Å². The lowest BCUT2D eigenvalue weighted by atomic mass is 10.2. The Morgan fingerprint density at radius 2 is 2.45 bits per heavy atom. The summed E-state index contributed by atoms with van der Waals surface area (Å²) in [7, 11) is 1.51. The number of alkyl halides is 1. The van der Waals surface area contributed by atoms with Crippen molar-refractivity contribution in [1.29, 1.82) is 5.26 Å². The van der Waals surface area contributed by atoms with Gasteiger partial charge in [-0.2, -0.15) is 5.26 Å². The van der Waals surface area contributed by atoms with Crippen molar-refractivity contribution in [3.63, 3.8) is 0 Å². The highest BCUT2D eigenvalue weighted by Crippen LogP contribution is 1.97. The van der Waals surface area contributed by atoms with Crippen LogP contribution in [0.25, 0.3) is 0 Å². The monoisotopic (exact) mass is 264 g/mol. The SMILES string of the molecule is CNC(=O)/C(C#N)=C\CCI. The van der Waals surface area contributed by atoms with Crippen molar-refractivity contribution in [2.45, 2.75) is 6.42 Å². The first kappa shape index (κ1) is 10.4. The highest BCUT2D eigenvalue weighted by molar-refractivity contribution is 14.1. The molecular weight excluding hydrogens is 255 g/mol. The smallest absolute Gasteiger partial charge is 0.261 e. The van der Waals surface area contributed by atoms with Crippen molar-refractivity contribution >= 4 is 28.5 Å². The van der Waals surface area contributed by atoms with Crippen LogP contribution in [0.4, 0.5) is 0 Å². The third kappa shape index (κ3) is 3.98. The van der Waals surface area contributed by atoms with E-state index >= 15 is 0 Å². The number of hydrogen-bond acceptors (Lipinski definition) is 2. The standard InChI is InChI=1S/C7H9IN2O/c1-10-7(11)6(5-9)3-2-4-8/h3H,2,4H2,1H3,(H,10,11)/b6-3-. The van der Waals surface area contributed by atoms with Crippen LogP contribution in [-0.4, -0.2) is 17.4 Å². The molecular formula is C7H9IN2O. The van der Waals surface area contributed by atoms with Gasteiger partial charge < -0.3 is 5.32 Å². The molecule has 1 amide bonds. The van der Waals surface area contributed by atoms with Gasteiger partial charge in [0.05, 0.1) is 0 Å². The van der Waals surface area contributed by atoms with Gasteiger partial charge in [0.2, 0.25) is 0 Å². The van der Waals surface area contributed by atoms with Crippen LogP contribution < -0.4 is 5.32 Å². The normalized spacial score (nSPS) is 10.5. The maximum atomic E-state index is 10.8. The van der Waals surface area contributed by atoms with Gasteiger partial charge in [0.15, 0.2) is 0 Å². The molecule has 0 saturated carbocycles. The summed E-state index contributed by atoms with van der Waals surface area (Å²) in [4.78, 5) is 10.8. The quantitative estimate of drug-likeness (QED) is 0.358. The average Bonchev–Trinajstić information content (AvgIpc) is 2.05. The van der Waals surface area contributed by atoms with Gasteiger partial charge in [0, 0.05) is 11.5 Å². The minimum Gasteiger partial charge on any atom is -0.354 e. The second-order valence-corrected chi connectivity index (χ2v) is 2.87. The highest BCUT2D eigenvalue weighted by atomic mass is 127. The molecule has 0 radical (unpaired) electrons. The first-order chi connectivity index (χ1) is 5.26. The van der Waals surface area contributed by atoms with Gasteiger partial charge in [-0.3, -0.25) is 4.79 Å². The number of amides is 1. The summed E-state index contributed by atoms with van der Waals surface area (Å²) in [6.45, 7) is 0. The number of allylic oxidation sites excluding steroid dienone is 1. The number of carbonyl (C=O) groups is 1. The van der Waals surface area contributed by atoms with Gasteiger partial charge in [-0.1, -0.05) is 28.7 Å². The summed E-state index contributed by atoms with van der Waals surface area (Å²) in [6.07, 6.45) is 2.40. The van der Waals surface area contributed by atoms with Crippen molar-refractivity contribution in [2.24, 2.45) is 0 Å². The molecule has 0 bridgehead atoms. The van der Waals surface area contributed by atoms with E-state index in [4.69, 9.17) is 5.26 Å². The summed E-state index contributed by atoms with van der Waals surface area (Å²) in [6, 6.07) is 1.83. The van der Waals surface area contributed by atoms with Crippen molar-refractivity contribution < 1.29 is 4.79 Å². The Balaban J connectivity index is 4.18. The van der Waals surface area contributed by atoms with Gasteiger partial charge >= 0.3 is 0 Å². The Morgan fingerprint density at radius 3 is 2.82 bits per heavy atom. The first-order valence-corrected chi connectivity index (χ1v) is 4.67. The molecule has 0 aromatic heterocycles. The summed E-state index contributed by atoms with van der Waals surface area (Å²) in [5, 5.41) is 10.9. The molecule has 0 spiro atoms. The number of hydrogen-bond donors (Lipinski definition) is 1. The largest absolute Gasteiger partial charge is 0.354 e. The fourth-order valence-electron chi connectivity index (χ4n) is 0.523. The molecule has 0 atom stereocenters.